The van der Waals surface area contributed by atoms with Crippen LogP contribution in [0.5, 0.6) is 0 Å². The van der Waals surface area contributed by atoms with Gasteiger partial charge in [0, 0.05) is 6.42 Å². The van der Waals surface area contributed by atoms with Crippen molar-refractivity contribution in [1.29, 1.82) is 0 Å². The molecule has 0 saturated heterocycles. The molecule has 2 heterocycles. The molecule has 96 valence electrons. The predicted molar refractivity (Wildman–Crippen MR) is 70.7 cm³/mol. The first kappa shape index (κ1) is 11.9. The van der Waals surface area contributed by atoms with E-state index in [9.17, 15) is 0 Å². The first-order valence-electron chi connectivity index (χ1n) is 6.68. The maximum absolute atomic E-state index is 6.15. The number of nitrogens with zero attached hydrogens (tertiary/aromatic N) is 4. The van der Waals surface area contributed by atoms with Gasteiger partial charge in [-0.3, -0.25) is 9.38 Å². The molecule has 0 amide bonds. The van der Waals surface area contributed by atoms with Gasteiger partial charge < -0.3 is 0 Å². The van der Waals surface area contributed by atoms with Crippen LogP contribution < -0.4 is 0 Å². The molecule has 1 fully saturated rings. The summed E-state index contributed by atoms with van der Waals surface area (Å²) in [6.45, 7) is 0. The van der Waals surface area contributed by atoms with Crippen molar-refractivity contribution in [3.05, 3.63) is 23.4 Å². The van der Waals surface area contributed by atoms with E-state index in [1.165, 1.54) is 38.5 Å². The number of halogens is 1. The summed E-state index contributed by atoms with van der Waals surface area (Å²) in [5.41, 5.74) is 0.737. The summed E-state index contributed by atoms with van der Waals surface area (Å²) in [5.74, 6) is 1.81. The standard InChI is InChI=1S/C13H17ClN4/c14-11-8-15-9-13-17-16-12(18(11)13)7-6-10-4-2-1-3-5-10/h8-10H,1-7H2. The Morgan fingerprint density at radius 3 is 2.83 bits per heavy atom. The fourth-order valence-corrected chi connectivity index (χ4v) is 3.08. The topological polar surface area (TPSA) is 43.1 Å². The minimum absolute atomic E-state index is 0.594. The molecule has 0 atom stereocenters. The zero-order valence-electron chi connectivity index (χ0n) is 10.3. The molecule has 1 aliphatic rings. The molecule has 2 aromatic heterocycles. The molecule has 1 aliphatic carbocycles. The molecular formula is C13H17ClN4. The van der Waals surface area contributed by atoms with Crippen LogP contribution in [0.2, 0.25) is 5.15 Å². The van der Waals surface area contributed by atoms with Crippen molar-refractivity contribution >= 4 is 17.2 Å². The third-order valence-corrected chi connectivity index (χ3v) is 4.11. The first-order valence-corrected chi connectivity index (χ1v) is 7.06. The fraction of sp³-hybridized carbons (Fsp3) is 0.615. The Labute approximate surface area is 111 Å². The van der Waals surface area contributed by atoms with Crippen LogP contribution in [0, 0.1) is 5.92 Å². The van der Waals surface area contributed by atoms with Gasteiger partial charge in [0.05, 0.1) is 12.4 Å². The predicted octanol–water partition coefficient (Wildman–Crippen LogP) is 3.29. The average Bonchev–Trinajstić information content (AvgIpc) is 2.82. The summed E-state index contributed by atoms with van der Waals surface area (Å²) in [6.07, 6.45) is 12.4. The number of rotatable bonds is 3. The monoisotopic (exact) mass is 264 g/mol. The van der Waals surface area contributed by atoms with Crippen LogP contribution >= 0.6 is 11.6 Å². The number of hydrogen-bond donors (Lipinski definition) is 0. The van der Waals surface area contributed by atoms with Crippen LogP contribution in [-0.4, -0.2) is 19.6 Å². The Hall–Kier alpha value is -1.16. The highest BCUT2D eigenvalue weighted by Crippen LogP contribution is 2.27. The third-order valence-electron chi connectivity index (χ3n) is 3.84. The van der Waals surface area contributed by atoms with Crippen molar-refractivity contribution in [3.8, 4) is 0 Å². The quantitative estimate of drug-likeness (QED) is 0.854. The summed E-state index contributed by atoms with van der Waals surface area (Å²) in [5, 5.41) is 8.93. The van der Waals surface area contributed by atoms with Gasteiger partial charge in [0.25, 0.3) is 0 Å². The molecule has 0 radical (unpaired) electrons. The lowest BCUT2D eigenvalue weighted by molar-refractivity contribution is 0.337. The van der Waals surface area contributed by atoms with Crippen molar-refractivity contribution in [1.82, 2.24) is 19.6 Å². The molecular weight excluding hydrogens is 248 g/mol. The van der Waals surface area contributed by atoms with Crippen molar-refractivity contribution in [2.75, 3.05) is 0 Å². The van der Waals surface area contributed by atoms with Gasteiger partial charge in [0.2, 0.25) is 0 Å². The zero-order chi connectivity index (χ0) is 12.4. The highest BCUT2D eigenvalue weighted by molar-refractivity contribution is 6.29. The van der Waals surface area contributed by atoms with Crippen LogP contribution in [-0.2, 0) is 6.42 Å². The molecule has 3 rings (SSSR count). The second-order valence-electron chi connectivity index (χ2n) is 5.08. The molecule has 0 aliphatic heterocycles. The highest BCUT2D eigenvalue weighted by Gasteiger charge is 2.15. The van der Waals surface area contributed by atoms with Gasteiger partial charge in [0.1, 0.15) is 11.0 Å². The van der Waals surface area contributed by atoms with Crippen LogP contribution in [0.1, 0.15) is 44.3 Å². The smallest absolute Gasteiger partial charge is 0.180 e. The Kier molecular flexibility index (Phi) is 3.46. The van der Waals surface area contributed by atoms with Crippen molar-refractivity contribution in [3.63, 3.8) is 0 Å². The number of fused-ring (bicyclic) bond motifs is 1. The van der Waals surface area contributed by atoms with E-state index in [0.717, 1.165) is 23.8 Å². The molecule has 0 N–H and O–H groups in total. The highest BCUT2D eigenvalue weighted by atomic mass is 35.5. The zero-order valence-corrected chi connectivity index (χ0v) is 11.1. The lowest BCUT2D eigenvalue weighted by Gasteiger charge is -2.20. The van der Waals surface area contributed by atoms with E-state index >= 15 is 0 Å². The van der Waals surface area contributed by atoms with E-state index in [4.69, 9.17) is 11.6 Å². The first-order chi connectivity index (χ1) is 8.84. The Morgan fingerprint density at radius 2 is 2.00 bits per heavy atom. The minimum Gasteiger partial charge on any atom is -0.266 e. The molecule has 0 bridgehead atoms. The molecule has 18 heavy (non-hydrogen) atoms. The van der Waals surface area contributed by atoms with Crippen molar-refractivity contribution in [2.24, 2.45) is 5.92 Å². The van der Waals surface area contributed by atoms with Crippen molar-refractivity contribution < 1.29 is 0 Å². The maximum Gasteiger partial charge on any atom is 0.180 e. The molecule has 0 unspecified atom stereocenters. The van der Waals surface area contributed by atoms with E-state index in [1.807, 2.05) is 4.40 Å². The summed E-state index contributed by atoms with van der Waals surface area (Å²) >= 11 is 6.15. The van der Waals surface area contributed by atoms with Gasteiger partial charge in [-0.25, -0.2) is 0 Å². The number of aromatic nitrogens is 4. The van der Waals surface area contributed by atoms with Crippen LogP contribution in [0.3, 0.4) is 0 Å². The van der Waals surface area contributed by atoms with E-state index < -0.39 is 0 Å². The number of hydrogen-bond acceptors (Lipinski definition) is 3. The normalized spacial score (nSPS) is 17.4. The van der Waals surface area contributed by atoms with Crippen LogP contribution in [0.4, 0.5) is 0 Å². The van der Waals surface area contributed by atoms with Crippen LogP contribution in [0.25, 0.3) is 5.65 Å². The van der Waals surface area contributed by atoms with E-state index in [0.29, 0.717) is 5.15 Å². The molecule has 0 aromatic carbocycles. The van der Waals surface area contributed by atoms with Gasteiger partial charge in [-0.1, -0.05) is 43.7 Å². The second kappa shape index (κ2) is 5.22. The number of aryl methyl sites for hydroxylation is 1. The third kappa shape index (κ3) is 2.34. The largest absolute Gasteiger partial charge is 0.266 e. The lowest BCUT2D eigenvalue weighted by atomic mass is 9.86. The average molecular weight is 265 g/mol. The van der Waals surface area contributed by atoms with Gasteiger partial charge in [-0.15, -0.1) is 10.2 Å². The van der Waals surface area contributed by atoms with Gasteiger partial charge >= 0.3 is 0 Å². The summed E-state index contributed by atoms with van der Waals surface area (Å²) < 4.78 is 1.90. The Bertz CT molecular complexity index is 531. The SMILES string of the molecule is Clc1cncc2nnc(CCC3CCCCC3)n12. The van der Waals surface area contributed by atoms with E-state index in [1.54, 1.807) is 12.4 Å². The molecule has 1 saturated carbocycles. The second-order valence-corrected chi connectivity index (χ2v) is 5.47. The Balaban J connectivity index is 1.74. The molecule has 0 spiro atoms. The van der Waals surface area contributed by atoms with Crippen LogP contribution in [0.15, 0.2) is 12.4 Å². The van der Waals surface area contributed by atoms with Gasteiger partial charge in [-0.2, -0.15) is 0 Å². The molecule has 4 nitrogen and oxygen atoms in total. The van der Waals surface area contributed by atoms with Gasteiger partial charge in [0.15, 0.2) is 5.65 Å². The summed E-state index contributed by atoms with van der Waals surface area (Å²) in [7, 11) is 0. The van der Waals surface area contributed by atoms with E-state index in [-0.39, 0.29) is 0 Å². The van der Waals surface area contributed by atoms with Crippen molar-refractivity contribution in [2.45, 2.75) is 44.9 Å². The fourth-order valence-electron chi connectivity index (χ4n) is 2.84. The molecule has 2 aromatic rings. The maximum atomic E-state index is 6.15. The summed E-state index contributed by atoms with van der Waals surface area (Å²) in [4.78, 5) is 4.02. The Morgan fingerprint density at radius 1 is 1.17 bits per heavy atom. The van der Waals surface area contributed by atoms with Gasteiger partial charge in [-0.05, 0) is 12.3 Å². The molecule has 5 heteroatoms. The van der Waals surface area contributed by atoms with E-state index in [2.05, 4.69) is 15.2 Å². The minimum atomic E-state index is 0.594. The summed E-state index contributed by atoms with van der Waals surface area (Å²) in [6, 6.07) is 0. The lowest BCUT2D eigenvalue weighted by Crippen LogP contribution is -2.08.